The first-order valence-corrected chi connectivity index (χ1v) is 15.5. The molecule has 4 heteroatoms. The smallest absolute Gasteiger partial charge is 0.164 e. The van der Waals surface area contributed by atoms with E-state index in [0.29, 0.717) is 27.5 Å². The molecule has 0 N–H and O–H groups in total. The Kier molecular flexibility index (Phi) is 4.04. The summed E-state index contributed by atoms with van der Waals surface area (Å²) in [6.07, 6.45) is 0. The summed E-state index contributed by atoms with van der Waals surface area (Å²) in [5.41, 5.74) is 2.54. The molecular weight excluding hydrogens is 599 g/mol. The third-order valence-corrected chi connectivity index (χ3v) is 8.65. The zero-order chi connectivity index (χ0) is 42.8. The molecule has 2 aromatic heterocycles. The minimum Gasteiger partial charge on any atom is -0.456 e. The maximum atomic E-state index is 9.22. The molecular formula is C45H27N3O. The van der Waals surface area contributed by atoms with Crippen molar-refractivity contribution in [2.75, 3.05) is 0 Å². The van der Waals surface area contributed by atoms with Crippen LogP contribution < -0.4 is 0 Å². The summed E-state index contributed by atoms with van der Waals surface area (Å²) in [5.74, 6) is -0.849. The van der Waals surface area contributed by atoms with Gasteiger partial charge in [0.15, 0.2) is 17.5 Å². The van der Waals surface area contributed by atoms with Gasteiger partial charge in [0.2, 0.25) is 0 Å². The second kappa shape index (κ2) is 11.0. The molecule has 228 valence electrons. The fourth-order valence-electron chi connectivity index (χ4n) is 6.45. The predicted molar refractivity (Wildman–Crippen MR) is 201 cm³/mol. The molecule has 0 spiro atoms. The van der Waals surface area contributed by atoms with Crippen molar-refractivity contribution in [2.24, 2.45) is 0 Å². The van der Waals surface area contributed by atoms with Crippen LogP contribution in [0.1, 0.15) is 16.4 Å². The lowest BCUT2D eigenvalue weighted by Crippen LogP contribution is -2.00. The van der Waals surface area contributed by atoms with Gasteiger partial charge in [0.25, 0.3) is 0 Å². The van der Waals surface area contributed by atoms with Crippen LogP contribution in [-0.4, -0.2) is 15.0 Å². The topological polar surface area (TPSA) is 51.8 Å². The maximum absolute atomic E-state index is 9.22. The first-order valence-electron chi connectivity index (χ1n) is 21.5. The van der Waals surface area contributed by atoms with E-state index in [1.165, 1.54) is 0 Å². The fourth-order valence-corrected chi connectivity index (χ4v) is 6.45. The number of nitrogens with zero attached hydrogens (tertiary/aromatic N) is 3. The lowest BCUT2D eigenvalue weighted by Gasteiger charge is -2.11. The number of benzene rings is 8. The minimum absolute atomic E-state index is 0.0786. The van der Waals surface area contributed by atoms with E-state index in [4.69, 9.17) is 24.5 Å². The van der Waals surface area contributed by atoms with Gasteiger partial charge in [-0.1, -0.05) is 133 Å². The molecule has 0 aliphatic carbocycles. The van der Waals surface area contributed by atoms with E-state index in [0.717, 1.165) is 32.7 Å². The van der Waals surface area contributed by atoms with Gasteiger partial charge in [0, 0.05) is 27.5 Å². The molecule has 49 heavy (non-hydrogen) atoms. The van der Waals surface area contributed by atoms with Crippen molar-refractivity contribution in [3.63, 3.8) is 0 Å². The van der Waals surface area contributed by atoms with Crippen LogP contribution in [-0.2, 0) is 0 Å². The van der Waals surface area contributed by atoms with Gasteiger partial charge < -0.3 is 4.42 Å². The van der Waals surface area contributed by atoms with E-state index in [-0.39, 0.29) is 39.4 Å². The number of fused-ring (bicyclic) bond motifs is 7. The summed E-state index contributed by atoms with van der Waals surface area (Å²) >= 11 is 0. The quantitative estimate of drug-likeness (QED) is 0.180. The molecule has 4 nitrogen and oxygen atoms in total. The van der Waals surface area contributed by atoms with Crippen molar-refractivity contribution in [1.82, 2.24) is 15.0 Å². The Balaban J connectivity index is 1.25. The van der Waals surface area contributed by atoms with Crippen molar-refractivity contribution in [1.29, 1.82) is 0 Å². The molecule has 0 saturated heterocycles. The van der Waals surface area contributed by atoms with Crippen LogP contribution in [0.5, 0.6) is 0 Å². The average Bonchev–Trinajstić information content (AvgIpc) is 3.65. The maximum Gasteiger partial charge on any atom is 0.164 e. The first kappa shape index (κ1) is 18.0. The van der Waals surface area contributed by atoms with Gasteiger partial charge in [-0.15, -0.1) is 0 Å². The van der Waals surface area contributed by atoms with Crippen molar-refractivity contribution < 1.29 is 20.9 Å². The summed E-state index contributed by atoms with van der Waals surface area (Å²) in [7, 11) is 0. The third kappa shape index (κ3) is 4.57. The Labute approximate surface area is 298 Å². The highest BCUT2D eigenvalue weighted by Crippen LogP contribution is 2.40. The summed E-state index contributed by atoms with van der Waals surface area (Å²) < 4.78 is 110. The summed E-state index contributed by atoms with van der Waals surface area (Å²) in [4.78, 5) is 13.9. The highest BCUT2D eigenvalue weighted by Gasteiger charge is 2.19. The summed E-state index contributed by atoms with van der Waals surface area (Å²) in [5, 5.41) is 5.00. The third-order valence-electron chi connectivity index (χ3n) is 8.65. The van der Waals surface area contributed by atoms with E-state index < -0.39 is 72.5 Å². The van der Waals surface area contributed by atoms with Crippen LogP contribution >= 0.6 is 0 Å². The molecule has 10 rings (SSSR count). The second-order valence-electron chi connectivity index (χ2n) is 11.5. The molecule has 0 fully saturated rings. The monoisotopic (exact) mass is 637 g/mol. The zero-order valence-electron chi connectivity index (χ0n) is 37.4. The van der Waals surface area contributed by atoms with E-state index in [1.807, 2.05) is 42.5 Å². The molecule has 8 aromatic carbocycles. The Morgan fingerprint density at radius 2 is 1.16 bits per heavy atom. The van der Waals surface area contributed by atoms with Crippen molar-refractivity contribution in [3.8, 4) is 45.3 Å². The van der Waals surface area contributed by atoms with Gasteiger partial charge in [-0.05, 0) is 73.8 Å². The van der Waals surface area contributed by atoms with Crippen LogP contribution in [0.2, 0.25) is 0 Å². The molecule has 0 aliphatic rings. The number of aromatic nitrogens is 3. The lowest BCUT2D eigenvalue weighted by molar-refractivity contribution is 0.669. The Morgan fingerprint density at radius 1 is 0.429 bits per heavy atom. The van der Waals surface area contributed by atoms with E-state index in [2.05, 4.69) is 40.3 Å². The molecule has 0 saturated carbocycles. The summed E-state index contributed by atoms with van der Waals surface area (Å²) in [6.45, 7) is 0. The Bertz CT molecular complexity index is 3560. The van der Waals surface area contributed by atoms with Crippen LogP contribution in [0.25, 0.3) is 99.5 Å². The van der Waals surface area contributed by atoms with Gasteiger partial charge in [-0.2, -0.15) is 0 Å². The highest BCUT2D eigenvalue weighted by molar-refractivity contribution is 6.16. The number of hydrogen-bond donors (Lipinski definition) is 0. The van der Waals surface area contributed by atoms with E-state index in [1.54, 1.807) is 18.2 Å². The van der Waals surface area contributed by atoms with Crippen LogP contribution in [0.4, 0.5) is 0 Å². The normalized spacial score (nSPS) is 15.1. The van der Waals surface area contributed by atoms with Crippen molar-refractivity contribution >= 4 is 54.3 Å². The zero-order valence-corrected chi connectivity index (χ0v) is 25.4. The molecule has 0 atom stereocenters. The Morgan fingerprint density at radius 3 is 2.04 bits per heavy atom. The number of hydrogen-bond acceptors (Lipinski definition) is 4. The molecule has 10 aromatic rings. The molecule has 0 radical (unpaired) electrons. The average molecular weight is 638 g/mol. The highest BCUT2D eigenvalue weighted by atomic mass is 16.3. The van der Waals surface area contributed by atoms with Crippen molar-refractivity contribution in [3.05, 3.63) is 164 Å². The Hall–Kier alpha value is -6.65. The van der Waals surface area contributed by atoms with Crippen LogP contribution in [0.3, 0.4) is 0 Å². The lowest BCUT2D eigenvalue weighted by atomic mass is 9.93. The van der Waals surface area contributed by atoms with Gasteiger partial charge in [-0.25, -0.2) is 15.0 Å². The molecule has 2 heterocycles. The standard InChI is InChI=1S/C45H27N3O/c1-2-12-29(13-3-1)43-46-44(33-22-21-28-11-4-5-14-30(28)25-33)48-45(47-43)38-19-10-20-40-42(38)37-24-23-32(27-41(37)49-40)39-26-31-15-6-7-16-34(31)35-17-8-9-18-36(35)39/h1-27H/i1D,2D,3D,4D,5D,11D,12D,13D,14D,21D,22D,25D. The molecule has 0 bridgehead atoms. The summed E-state index contributed by atoms with van der Waals surface area (Å²) in [6, 6.07) is 22.3. The van der Waals surface area contributed by atoms with E-state index in [9.17, 15) is 1.37 Å². The van der Waals surface area contributed by atoms with E-state index >= 15 is 0 Å². The molecule has 0 amide bonds. The van der Waals surface area contributed by atoms with Gasteiger partial charge in [-0.3, -0.25) is 0 Å². The molecule has 0 aliphatic heterocycles. The van der Waals surface area contributed by atoms with Gasteiger partial charge in [0.1, 0.15) is 11.2 Å². The van der Waals surface area contributed by atoms with Gasteiger partial charge in [0.05, 0.1) is 16.4 Å². The first-order chi connectivity index (χ1) is 29.3. The van der Waals surface area contributed by atoms with Gasteiger partial charge >= 0.3 is 0 Å². The van der Waals surface area contributed by atoms with Crippen LogP contribution in [0.15, 0.2) is 168 Å². The largest absolute Gasteiger partial charge is 0.456 e. The van der Waals surface area contributed by atoms with Crippen molar-refractivity contribution in [2.45, 2.75) is 0 Å². The SMILES string of the molecule is [2H]c1c([2H])c([2H])c(-c2nc(-c3c([2H])c([2H])c4c([2H])c([2H])c([2H])c([2H])c4c3[2H])nc(-c3cccc4oc5cc(-c6cc7ccccc7c7ccccc67)ccc5c34)n2)c([2H])c1[2H]. The minimum atomic E-state index is -0.644. The molecule has 0 unspecified atom stereocenters. The second-order valence-corrected chi connectivity index (χ2v) is 11.5. The fraction of sp³-hybridized carbons (Fsp3) is 0. The van der Waals surface area contributed by atoms with Crippen LogP contribution in [0, 0.1) is 0 Å². The number of rotatable bonds is 4. The predicted octanol–water partition coefficient (Wildman–Crippen LogP) is 11.9. The number of furan rings is 1.